The SMILES string of the molecule is CO[Si](C)(OC)OCC1CNCCO1. The van der Waals surface area contributed by atoms with Gasteiger partial charge in [0.15, 0.2) is 0 Å². The molecule has 14 heavy (non-hydrogen) atoms. The van der Waals surface area contributed by atoms with Crippen LogP contribution in [-0.4, -0.2) is 55.4 Å². The van der Waals surface area contributed by atoms with Crippen LogP contribution in [0.4, 0.5) is 0 Å². The van der Waals surface area contributed by atoms with Gasteiger partial charge >= 0.3 is 8.80 Å². The third-order valence-corrected chi connectivity index (χ3v) is 4.45. The van der Waals surface area contributed by atoms with Gasteiger partial charge in [0.2, 0.25) is 0 Å². The van der Waals surface area contributed by atoms with E-state index in [0.717, 1.165) is 19.7 Å². The Balaban J connectivity index is 2.23. The second-order valence-corrected chi connectivity index (χ2v) is 6.11. The summed E-state index contributed by atoms with van der Waals surface area (Å²) < 4.78 is 21.5. The summed E-state index contributed by atoms with van der Waals surface area (Å²) in [6, 6.07) is 0. The molecule has 0 aromatic heterocycles. The molecule has 0 bridgehead atoms. The van der Waals surface area contributed by atoms with Crippen molar-refractivity contribution in [3.8, 4) is 0 Å². The summed E-state index contributed by atoms with van der Waals surface area (Å²) in [4.78, 5) is 0. The third-order valence-electron chi connectivity index (χ3n) is 2.28. The number of nitrogens with one attached hydrogen (secondary N) is 1. The van der Waals surface area contributed by atoms with Gasteiger partial charge in [-0.1, -0.05) is 0 Å². The Morgan fingerprint density at radius 2 is 2.14 bits per heavy atom. The zero-order chi connectivity index (χ0) is 10.4. The first kappa shape index (κ1) is 12.1. The van der Waals surface area contributed by atoms with E-state index in [4.69, 9.17) is 18.0 Å². The van der Waals surface area contributed by atoms with Gasteiger partial charge in [-0.15, -0.1) is 0 Å². The summed E-state index contributed by atoms with van der Waals surface area (Å²) in [6.45, 7) is 4.88. The lowest BCUT2D eigenvalue weighted by molar-refractivity contribution is -0.0198. The van der Waals surface area contributed by atoms with E-state index >= 15 is 0 Å². The van der Waals surface area contributed by atoms with Crippen LogP contribution >= 0.6 is 0 Å². The highest BCUT2D eigenvalue weighted by Crippen LogP contribution is 2.08. The maximum atomic E-state index is 5.60. The fourth-order valence-electron chi connectivity index (χ4n) is 1.17. The molecule has 1 unspecified atom stereocenters. The zero-order valence-electron chi connectivity index (χ0n) is 9.04. The monoisotopic (exact) mass is 221 g/mol. The van der Waals surface area contributed by atoms with Gasteiger partial charge in [0.1, 0.15) is 0 Å². The largest absolute Gasteiger partial charge is 0.497 e. The van der Waals surface area contributed by atoms with Gasteiger partial charge in [0.05, 0.1) is 19.3 Å². The number of hydrogen-bond acceptors (Lipinski definition) is 5. The van der Waals surface area contributed by atoms with Crippen LogP contribution in [0, 0.1) is 0 Å². The minimum atomic E-state index is -2.39. The molecule has 5 nitrogen and oxygen atoms in total. The van der Waals surface area contributed by atoms with Crippen molar-refractivity contribution >= 4 is 8.80 Å². The average molecular weight is 221 g/mol. The summed E-state index contributed by atoms with van der Waals surface area (Å²) in [7, 11) is 0.825. The molecule has 0 aromatic rings. The van der Waals surface area contributed by atoms with Crippen molar-refractivity contribution in [3.05, 3.63) is 0 Å². The highest BCUT2D eigenvalue weighted by atomic mass is 28.4. The minimum Gasteiger partial charge on any atom is -0.377 e. The van der Waals surface area contributed by atoms with Crippen LogP contribution in [0.25, 0.3) is 0 Å². The van der Waals surface area contributed by atoms with E-state index in [9.17, 15) is 0 Å². The van der Waals surface area contributed by atoms with Crippen molar-refractivity contribution in [2.45, 2.75) is 12.7 Å². The van der Waals surface area contributed by atoms with Gasteiger partial charge in [-0.05, 0) is 0 Å². The van der Waals surface area contributed by atoms with Gasteiger partial charge in [-0.25, -0.2) is 0 Å². The Kier molecular flexibility index (Phi) is 5.00. The molecule has 84 valence electrons. The fraction of sp³-hybridized carbons (Fsp3) is 1.00. The second-order valence-electron chi connectivity index (χ2n) is 3.28. The molecule has 6 heteroatoms. The molecule has 0 aliphatic carbocycles. The predicted octanol–water partition coefficient (Wildman–Crippen LogP) is -0.147. The molecule has 1 heterocycles. The van der Waals surface area contributed by atoms with Gasteiger partial charge in [0, 0.05) is 33.9 Å². The Morgan fingerprint density at radius 1 is 1.43 bits per heavy atom. The van der Waals surface area contributed by atoms with Crippen LogP contribution in [0.15, 0.2) is 0 Å². The average Bonchev–Trinajstić information content (AvgIpc) is 2.27. The molecule has 1 aliphatic rings. The molecule has 0 saturated carbocycles. The van der Waals surface area contributed by atoms with Gasteiger partial charge in [-0.2, -0.15) is 0 Å². The van der Waals surface area contributed by atoms with E-state index < -0.39 is 8.80 Å². The lowest BCUT2D eigenvalue weighted by Crippen LogP contribution is -2.46. The minimum absolute atomic E-state index is 0.112. The Hall–Kier alpha value is 0.0169. The van der Waals surface area contributed by atoms with Gasteiger partial charge in [-0.3, -0.25) is 0 Å². The number of hydrogen-bond donors (Lipinski definition) is 1. The second kappa shape index (κ2) is 5.79. The maximum Gasteiger partial charge on any atom is 0.497 e. The Labute approximate surface area is 86.0 Å². The van der Waals surface area contributed by atoms with Crippen molar-refractivity contribution in [1.29, 1.82) is 0 Å². The molecule has 1 fully saturated rings. The van der Waals surface area contributed by atoms with Crippen LogP contribution in [0.5, 0.6) is 0 Å². The number of ether oxygens (including phenoxy) is 1. The first-order chi connectivity index (χ1) is 6.70. The summed E-state index contributed by atoms with van der Waals surface area (Å²) in [6.07, 6.45) is 0.112. The highest BCUT2D eigenvalue weighted by Gasteiger charge is 2.33. The predicted molar refractivity (Wildman–Crippen MR) is 54.2 cm³/mol. The van der Waals surface area contributed by atoms with Crippen LogP contribution in [0.3, 0.4) is 0 Å². The van der Waals surface area contributed by atoms with Crippen molar-refractivity contribution < 1.29 is 18.0 Å². The van der Waals surface area contributed by atoms with Crippen LogP contribution < -0.4 is 5.32 Å². The van der Waals surface area contributed by atoms with Crippen LogP contribution in [-0.2, 0) is 18.0 Å². The zero-order valence-corrected chi connectivity index (χ0v) is 10.0. The summed E-state index contributed by atoms with van der Waals surface area (Å²) in [5.41, 5.74) is 0. The van der Waals surface area contributed by atoms with Crippen LogP contribution in [0.1, 0.15) is 0 Å². The molecule has 0 amide bonds. The fourth-order valence-corrected chi connectivity index (χ4v) is 2.06. The molecule has 0 aromatic carbocycles. The first-order valence-electron chi connectivity index (χ1n) is 4.77. The van der Waals surface area contributed by atoms with Crippen molar-refractivity contribution in [2.75, 3.05) is 40.5 Å². The number of rotatable bonds is 5. The molecular formula is C8H19NO4Si. The van der Waals surface area contributed by atoms with E-state index in [1.165, 1.54) is 0 Å². The first-order valence-corrected chi connectivity index (χ1v) is 6.99. The lowest BCUT2D eigenvalue weighted by atomic mass is 10.3. The van der Waals surface area contributed by atoms with Crippen LogP contribution in [0.2, 0.25) is 6.55 Å². The molecule has 1 rings (SSSR count). The van der Waals surface area contributed by atoms with E-state index in [1.807, 2.05) is 6.55 Å². The summed E-state index contributed by atoms with van der Waals surface area (Å²) >= 11 is 0. The molecule has 1 saturated heterocycles. The molecule has 0 spiro atoms. The normalized spacial score (nSPS) is 23.8. The number of morpholine rings is 1. The van der Waals surface area contributed by atoms with E-state index in [2.05, 4.69) is 5.32 Å². The molecule has 1 aliphatic heterocycles. The van der Waals surface area contributed by atoms with E-state index in [1.54, 1.807) is 14.2 Å². The van der Waals surface area contributed by atoms with Gasteiger partial charge < -0.3 is 23.3 Å². The smallest absolute Gasteiger partial charge is 0.377 e. The van der Waals surface area contributed by atoms with Crippen molar-refractivity contribution in [3.63, 3.8) is 0 Å². The quantitative estimate of drug-likeness (QED) is 0.654. The van der Waals surface area contributed by atoms with E-state index in [-0.39, 0.29) is 6.10 Å². The Morgan fingerprint density at radius 3 is 2.64 bits per heavy atom. The lowest BCUT2D eigenvalue weighted by Gasteiger charge is -2.28. The Bertz CT molecular complexity index is 159. The van der Waals surface area contributed by atoms with Crippen molar-refractivity contribution in [2.24, 2.45) is 0 Å². The summed E-state index contributed by atoms with van der Waals surface area (Å²) in [5.74, 6) is 0. The third kappa shape index (κ3) is 3.64. The molecule has 0 radical (unpaired) electrons. The van der Waals surface area contributed by atoms with E-state index in [0.29, 0.717) is 6.61 Å². The summed E-state index contributed by atoms with van der Waals surface area (Å²) in [5, 5.41) is 3.24. The van der Waals surface area contributed by atoms with Crippen molar-refractivity contribution in [1.82, 2.24) is 5.32 Å². The molecule has 1 N–H and O–H groups in total. The topological polar surface area (TPSA) is 49.0 Å². The highest BCUT2D eigenvalue weighted by molar-refractivity contribution is 6.59. The van der Waals surface area contributed by atoms with Gasteiger partial charge in [0.25, 0.3) is 0 Å². The maximum absolute atomic E-state index is 5.60. The molecule has 1 atom stereocenters. The molecular weight excluding hydrogens is 202 g/mol. The standard InChI is InChI=1S/C8H19NO4Si/c1-10-14(3,11-2)13-7-8-6-9-4-5-12-8/h8-9H,4-7H2,1-3H3.